The summed E-state index contributed by atoms with van der Waals surface area (Å²) in [7, 11) is 1.97. The summed E-state index contributed by atoms with van der Waals surface area (Å²) in [6.07, 6.45) is 0.656. The van der Waals surface area contributed by atoms with Crippen LogP contribution < -0.4 is 19.5 Å². The van der Waals surface area contributed by atoms with E-state index in [1.54, 1.807) is 7.11 Å². The van der Waals surface area contributed by atoms with Crippen LogP contribution in [-0.4, -0.2) is 53.6 Å². The number of methoxy groups -OCH3 is 3. The average molecular weight is 451 g/mol. The molecule has 170 valence electrons. The number of ether oxygens (including phenoxy) is 3. The fourth-order valence-electron chi connectivity index (χ4n) is 3.22. The van der Waals surface area contributed by atoms with E-state index in [1.165, 1.54) is 39.5 Å². The second-order valence-electron chi connectivity index (χ2n) is 7.04. The Labute approximate surface area is 184 Å². The maximum absolute atomic E-state index is 12.9. The lowest BCUT2D eigenvalue weighted by molar-refractivity contribution is -0.121. The van der Waals surface area contributed by atoms with E-state index in [0.717, 1.165) is 21.2 Å². The SMILES string of the molecule is CCC(NC(=O)CN(C)S(=O)(=O)c1ccc(OC)c(OC)c1)c1ccc(OC)c(C)c1. The van der Waals surface area contributed by atoms with Gasteiger partial charge in [0.25, 0.3) is 0 Å². The lowest BCUT2D eigenvalue weighted by Crippen LogP contribution is -2.39. The number of hydrogen-bond acceptors (Lipinski definition) is 6. The number of carbonyl (C=O) groups is 1. The van der Waals surface area contributed by atoms with Gasteiger partial charge in [0.05, 0.1) is 38.8 Å². The van der Waals surface area contributed by atoms with Gasteiger partial charge in [0.15, 0.2) is 11.5 Å². The van der Waals surface area contributed by atoms with Crippen LogP contribution in [0.15, 0.2) is 41.3 Å². The van der Waals surface area contributed by atoms with E-state index in [9.17, 15) is 13.2 Å². The molecular weight excluding hydrogens is 420 g/mol. The highest BCUT2D eigenvalue weighted by Crippen LogP contribution is 2.30. The predicted molar refractivity (Wildman–Crippen MR) is 118 cm³/mol. The minimum Gasteiger partial charge on any atom is -0.496 e. The molecule has 0 saturated carbocycles. The lowest BCUT2D eigenvalue weighted by Gasteiger charge is -2.22. The van der Waals surface area contributed by atoms with E-state index in [4.69, 9.17) is 14.2 Å². The number of likely N-dealkylation sites (N-methyl/N-ethyl adjacent to an activating group) is 1. The van der Waals surface area contributed by atoms with Crippen molar-refractivity contribution in [1.29, 1.82) is 0 Å². The molecule has 0 spiro atoms. The molecule has 1 atom stereocenters. The smallest absolute Gasteiger partial charge is 0.243 e. The van der Waals surface area contributed by atoms with Crippen molar-refractivity contribution in [2.75, 3.05) is 34.9 Å². The van der Waals surface area contributed by atoms with Crippen LogP contribution in [0.25, 0.3) is 0 Å². The van der Waals surface area contributed by atoms with Gasteiger partial charge in [-0.2, -0.15) is 4.31 Å². The van der Waals surface area contributed by atoms with Gasteiger partial charge in [0, 0.05) is 13.1 Å². The summed E-state index contributed by atoms with van der Waals surface area (Å²) < 4.78 is 42.4. The van der Waals surface area contributed by atoms with Gasteiger partial charge >= 0.3 is 0 Å². The molecule has 0 bridgehead atoms. The topological polar surface area (TPSA) is 94.2 Å². The first-order valence-corrected chi connectivity index (χ1v) is 11.2. The Morgan fingerprint density at radius 2 is 1.61 bits per heavy atom. The van der Waals surface area contributed by atoms with Crippen LogP contribution in [0.4, 0.5) is 0 Å². The first kappa shape index (κ1) is 24.5. The molecule has 0 heterocycles. The van der Waals surface area contributed by atoms with E-state index < -0.39 is 15.9 Å². The van der Waals surface area contributed by atoms with Crippen molar-refractivity contribution in [1.82, 2.24) is 9.62 Å². The van der Waals surface area contributed by atoms with Crippen molar-refractivity contribution >= 4 is 15.9 Å². The van der Waals surface area contributed by atoms with Crippen LogP contribution >= 0.6 is 0 Å². The Hall–Kier alpha value is -2.78. The van der Waals surface area contributed by atoms with E-state index in [1.807, 2.05) is 32.0 Å². The van der Waals surface area contributed by atoms with Crippen LogP contribution in [0.3, 0.4) is 0 Å². The molecule has 9 heteroatoms. The zero-order valence-electron chi connectivity index (χ0n) is 18.8. The highest BCUT2D eigenvalue weighted by Gasteiger charge is 2.25. The van der Waals surface area contributed by atoms with Gasteiger partial charge in [0.1, 0.15) is 5.75 Å². The molecule has 2 aromatic rings. The summed E-state index contributed by atoms with van der Waals surface area (Å²) >= 11 is 0. The van der Waals surface area contributed by atoms with Crippen molar-refractivity contribution in [3.05, 3.63) is 47.5 Å². The number of aryl methyl sites for hydroxylation is 1. The number of nitrogens with zero attached hydrogens (tertiary/aromatic N) is 1. The van der Waals surface area contributed by atoms with Crippen molar-refractivity contribution in [3.8, 4) is 17.2 Å². The van der Waals surface area contributed by atoms with Crippen molar-refractivity contribution in [2.45, 2.75) is 31.2 Å². The minimum absolute atomic E-state index is 0.0123. The molecule has 1 amide bonds. The fourth-order valence-corrected chi connectivity index (χ4v) is 4.37. The Morgan fingerprint density at radius 1 is 1.00 bits per heavy atom. The second kappa shape index (κ2) is 10.5. The third kappa shape index (κ3) is 5.68. The van der Waals surface area contributed by atoms with E-state index >= 15 is 0 Å². The largest absolute Gasteiger partial charge is 0.496 e. The first-order valence-electron chi connectivity index (χ1n) is 9.80. The molecule has 0 aromatic heterocycles. The maximum atomic E-state index is 12.9. The number of amides is 1. The van der Waals surface area contributed by atoms with Gasteiger partial charge in [-0.05, 0) is 42.7 Å². The van der Waals surface area contributed by atoms with Crippen LogP contribution in [0.5, 0.6) is 17.2 Å². The summed E-state index contributed by atoms with van der Waals surface area (Å²) in [5.41, 5.74) is 1.89. The Morgan fingerprint density at radius 3 is 2.16 bits per heavy atom. The fraction of sp³-hybridized carbons (Fsp3) is 0.409. The van der Waals surface area contributed by atoms with Gasteiger partial charge in [-0.3, -0.25) is 4.79 Å². The monoisotopic (exact) mass is 450 g/mol. The first-order chi connectivity index (χ1) is 14.7. The number of hydrogen-bond donors (Lipinski definition) is 1. The van der Waals surface area contributed by atoms with E-state index in [0.29, 0.717) is 17.9 Å². The molecule has 0 aliphatic rings. The lowest BCUT2D eigenvalue weighted by atomic mass is 10.0. The Balaban J connectivity index is 2.14. The summed E-state index contributed by atoms with van der Waals surface area (Å²) in [6, 6.07) is 9.76. The van der Waals surface area contributed by atoms with E-state index in [-0.39, 0.29) is 17.5 Å². The number of benzene rings is 2. The van der Waals surface area contributed by atoms with Crippen LogP contribution in [0, 0.1) is 6.92 Å². The third-order valence-electron chi connectivity index (χ3n) is 4.99. The number of carbonyl (C=O) groups excluding carboxylic acids is 1. The maximum Gasteiger partial charge on any atom is 0.243 e. The summed E-state index contributed by atoms with van der Waals surface area (Å²) in [4.78, 5) is 12.6. The average Bonchev–Trinajstić information content (AvgIpc) is 2.76. The van der Waals surface area contributed by atoms with Gasteiger partial charge in [-0.1, -0.05) is 19.1 Å². The third-order valence-corrected chi connectivity index (χ3v) is 6.79. The molecule has 0 aliphatic heterocycles. The van der Waals surface area contributed by atoms with Crippen molar-refractivity contribution < 1.29 is 27.4 Å². The quantitative estimate of drug-likeness (QED) is 0.598. The van der Waals surface area contributed by atoms with Crippen LogP contribution in [0.1, 0.15) is 30.5 Å². The minimum atomic E-state index is -3.89. The van der Waals surface area contributed by atoms with Crippen LogP contribution in [-0.2, 0) is 14.8 Å². The molecule has 0 aliphatic carbocycles. The molecule has 2 rings (SSSR count). The second-order valence-corrected chi connectivity index (χ2v) is 9.08. The highest BCUT2D eigenvalue weighted by atomic mass is 32.2. The van der Waals surface area contributed by atoms with Gasteiger partial charge in [0.2, 0.25) is 15.9 Å². The van der Waals surface area contributed by atoms with Gasteiger partial charge in [-0.15, -0.1) is 0 Å². The van der Waals surface area contributed by atoms with Gasteiger partial charge in [-0.25, -0.2) is 8.42 Å². The Kier molecular flexibility index (Phi) is 8.29. The zero-order chi connectivity index (χ0) is 23.2. The van der Waals surface area contributed by atoms with E-state index in [2.05, 4.69) is 5.32 Å². The summed E-state index contributed by atoms with van der Waals surface area (Å²) in [5, 5.41) is 2.91. The number of nitrogens with one attached hydrogen (secondary N) is 1. The molecule has 1 unspecified atom stereocenters. The Bertz CT molecular complexity index is 1020. The van der Waals surface area contributed by atoms with Crippen LogP contribution in [0.2, 0.25) is 0 Å². The predicted octanol–water partition coefficient (Wildman–Crippen LogP) is 2.91. The standard InChI is InChI=1S/C22H30N2O6S/c1-7-18(16-8-10-19(28-4)15(2)12-16)23-22(25)14-24(3)31(26,27)17-9-11-20(29-5)21(13-17)30-6/h8-13,18H,7,14H2,1-6H3,(H,23,25). The molecule has 0 radical (unpaired) electrons. The van der Waals surface area contributed by atoms with Gasteiger partial charge < -0.3 is 19.5 Å². The summed E-state index contributed by atoms with van der Waals surface area (Å²) in [5.74, 6) is 1.09. The highest BCUT2D eigenvalue weighted by molar-refractivity contribution is 7.89. The molecule has 2 aromatic carbocycles. The summed E-state index contributed by atoms with van der Waals surface area (Å²) in [6.45, 7) is 3.57. The normalized spacial score (nSPS) is 12.4. The molecule has 8 nitrogen and oxygen atoms in total. The van der Waals surface area contributed by atoms with Crippen molar-refractivity contribution in [2.24, 2.45) is 0 Å². The number of rotatable bonds is 10. The van der Waals surface area contributed by atoms with Crippen molar-refractivity contribution in [3.63, 3.8) is 0 Å². The molecule has 0 saturated heterocycles. The molecule has 0 fully saturated rings. The number of sulfonamides is 1. The molecule has 1 N–H and O–H groups in total. The molecular formula is C22H30N2O6S. The zero-order valence-corrected chi connectivity index (χ0v) is 19.6. The molecule has 31 heavy (non-hydrogen) atoms.